The molecular formula is C31H24BrClN2O5. The lowest BCUT2D eigenvalue weighted by Gasteiger charge is -2.29. The van der Waals surface area contributed by atoms with Crippen molar-refractivity contribution in [3.8, 4) is 11.5 Å². The van der Waals surface area contributed by atoms with Gasteiger partial charge in [-0.25, -0.2) is 9.96 Å². The van der Waals surface area contributed by atoms with Gasteiger partial charge in [0.25, 0.3) is 5.91 Å². The van der Waals surface area contributed by atoms with E-state index in [1.807, 2.05) is 72.8 Å². The highest BCUT2D eigenvalue weighted by atomic mass is 79.9. The van der Waals surface area contributed by atoms with Crippen LogP contribution in [0.25, 0.3) is 0 Å². The fourth-order valence-corrected chi connectivity index (χ4v) is 5.84. The average molecular weight is 620 g/mol. The highest BCUT2D eigenvalue weighted by Crippen LogP contribution is 2.50. The molecule has 0 saturated carbocycles. The van der Waals surface area contributed by atoms with Gasteiger partial charge in [0.2, 0.25) is 5.91 Å². The van der Waals surface area contributed by atoms with Crippen molar-refractivity contribution in [1.82, 2.24) is 0 Å². The summed E-state index contributed by atoms with van der Waals surface area (Å²) < 4.78 is 12.5. The van der Waals surface area contributed by atoms with Crippen molar-refractivity contribution in [2.24, 2.45) is 5.92 Å². The summed E-state index contributed by atoms with van der Waals surface area (Å²) in [5, 5.41) is 2.16. The molecule has 0 spiro atoms. The Morgan fingerprint density at radius 1 is 0.850 bits per heavy atom. The van der Waals surface area contributed by atoms with E-state index in [-0.39, 0.29) is 5.91 Å². The number of hydrogen-bond donors (Lipinski definition) is 0. The third-order valence-corrected chi connectivity index (χ3v) is 7.99. The fourth-order valence-electron chi connectivity index (χ4n) is 5.16. The fraction of sp³-hybridized carbons (Fsp3) is 0.161. The van der Waals surface area contributed by atoms with Crippen LogP contribution in [0.1, 0.15) is 17.2 Å². The number of carbonyl (C=O) groups excluding carboxylic acids is 2. The zero-order valence-corrected chi connectivity index (χ0v) is 23.7. The smallest absolute Gasteiger partial charge is 0.266 e. The summed E-state index contributed by atoms with van der Waals surface area (Å²) in [7, 11) is 1.57. The van der Waals surface area contributed by atoms with E-state index in [1.165, 1.54) is 4.90 Å². The van der Waals surface area contributed by atoms with Gasteiger partial charge in [0.05, 0.1) is 24.5 Å². The highest BCUT2D eigenvalue weighted by molar-refractivity contribution is 9.10. The van der Waals surface area contributed by atoms with Gasteiger partial charge in [-0.2, -0.15) is 0 Å². The predicted molar refractivity (Wildman–Crippen MR) is 155 cm³/mol. The number of benzene rings is 4. The quantitative estimate of drug-likeness (QED) is 0.214. The van der Waals surface area contributed by atoms with Crippen LogP contribution in [-0.4, -0.2) is 25.0 Å². The molecule has 0 aliphatic carbocycles. The van der Waals surface area contributed by atoms with Gasteiger partial charge >= 0.3 is 0 Å². The standard InChI is InChI=1S/C31H24BrClN2O5/c1-38-25-16-23(24(32)17-26(25)39-18-19-8-4-2-5-9-19)28-27-29(40-35(28)22-10-6-3-7-11-22)31(37)34(30(27)36)21-14-12-20(33)13-15-21/h2-17,27-29H,18H2,1H3/t27-,28+,29-/m0/s1. The number of halogens is 2. The molecule has 0 bridgehead atoms. The lowest BCUT2D eigenvalue weighted by atomic mass is 9.90. The summed E-state index contributed by atoms with van der Waals surface area (Å²) in [6, 6.07) is 28.9. The Balaban J connectivity index is 1.40. The number of ether oxygens (including phenoxy) is 2. The number of methoxy groups -OCH3 is 1. The molecule has 2 amide bonds. The number of rotatable bonds is 7. The second-order valence-corrected chi connectivity index (χ2v) is 10.7. The topological polar surface area (TPSA) is 68.3 Å². The van der Waals surface area contributed by atoms with Crippen LogP contribution in [0.2, 0.25) is 5.02 Å². The van der Waals surface area contributed by atoms with Crippen LogP contribution in [0.3, 0.4) is 0 Å². The minimum Gasteiger partial charge on any atom is -0.493 e. The molecule has 2 heterocycles. The van der Waals surface area contributed by atoms with Crippen molar-refractivity contribution >= 4 is 50.7 Å². The van der Waals surface area contributed by atoms with Crippen molar-refractivity contribution in [2.75, 3.05) is 17.1 Å². The largest absolute Gasteiger partial charge is 0.493 e. The number of fused-ring (bicyclic) bond motifs is 1. The van der Waals surface area contributed by atoms with E-state index in [1.54, 1.807) is 36.4 Å². The zero-order valence-electron chi connectivity index (χ0n) is 21.4. The van der Waals surface area contributed by atoms with Gasteiger partial charge in [0.1, 0.15) is 12.5 Å². The van der Waals surface area contributed by atoms with Gasteiger partial charge in [-0.05, 0) is 59.7 Å². The van der Waals surface area contributed by atoms with Gasteiger partial charge in [-0.3, -0.25) is 14.4 Å². The van der Waals surface area contributed by atoms with Crippen molar-refractivity contribution < 1.29 is 23.9 Å². The van der Waals surface area contributed by atoms with E-state index in [9.17, 15) is 9.59 Å². The van der Waals surface area contributed by atoms with Crippen molar-refractivity contribution in [1.29, 1.82) is 0 Å². The van der Waals surface area contributed by atoms with Crippen molar-refractivity contribution in [3.63, 3.8) is 0 Å². The number of anilines is 2. The number of hydrogen-bond acceptors (Lipinski definition) is 6. The maximum absolute atomic E-state index is 13.9. The lowest BCUT2D eigenvalue weighted by Crippen LogP contribution is -2.37. The molecule has 2 aliphatic rings. The number of amides is 2. The molecule has 2 saturated heterocycles. The number of imide groups is 1. The highest BCUT2D eigenvalue weighted by Gasteiger charge is 2.60. The van der Waals surface area contributed by atoms with E-state index < -0.39 is 24.0 Å². The molecular weight excluding hydrogens is 596 g/mol. The lowest BCUT2D eigenvalue weighted by molar-refractivity contribution is -0.126. The molecule has 4 aromatic carbocycles. The van der Waals surface area contributed by atoms with Crippen LogP contribution >= 0.6 is 27.5 Å². The third-order valence-electron chi connectivity index (χ3n) is 7.05. The Labute approximate surface area is 244 Å². The van der Waals surface area contributed by atoms with Gasteiger partial charge in [-0.1, -0.05) is 76.1 Å². The van der Waals surface area contributed by atoms with Crippen LogP contribution in [0, 0.1) is 5.92 Å². The Kier molecular flexibility index (Phi) is 7.23. The van der Waals surface area contributed by atoms with Gasteiger partial charge < -0.3 is 9.47 Å². The molecule has 6 rings (SSSR count). The first-order valence-corrected chi connectivity index (χ1v) is 13.8. The molecule has 40 heavy (non-hydrogen) atoms. The van der Waals surface area contributed by atoms with E-state index in [4.69, 9.17) is 25.9 Å². The molecule has 0 N–H and O–H groups in total. The van der Waals surface area contributed by atoms with Gasteiger partial charge in [-0.15, -0.1) is 0 Å². The van der Waals surface area contributed by atoms with E-state index in [2.05, 4.69) is 15.9 Å². The van der Waals surface area contributed by atoms with Crippen LogP contribution in [0.5, 0.6) is 11.5 Å². The summed E-state index contributed by atoms with van der Waals surface area (Å²) in [5.74, 6) is -0.541. The Morgan fingerprint density at radius 2 is 1.52 bits per heavy atom. The Morgan fingerprint density at radius 3 is 2.20 bits per heavy atom. The van der Waals surface area contributed by atoms with Crippen LogP contribution in [-0.2, 0) is 21.0 Å². The summed E-state index contributed by atoms with van der Waals surface area (Å²) in [6.07, 6.45) is -1.000. The first-order chi connectivity index (χ1) is 19.5. The Bertz CT molecular complexity index is 1550. The molecule has 2 fully saturated rings. The number of hydroxylamine groups is 1. The number of carbonyl (C=O) groups is 2. The Hall–Kier alpha value is -3.85. The molecule has 4 aromatic rings. The molecule has 0 unspecified atom stereocenters. The van der Waals surface area contributed by atoms with Crippen molar-refractivity contribution in [3.05, 3.63) is 118 Å². The molecule has 2 aliphatic heterocycles. The third kappa shape index (κ3) is 4.72. The molecule has 202 valence electrons. The minimum atomic E-state index is -1.000. The summed E-state index contributed by atoms with van der Waals surface area (Å²) in [4.78, 5) is 35.0. The van der Waals surface area contributed by atoms with Crippen LogP contribution in [0.4, 0.5) is 11.4 Å². The van der Waals surface area contributed by atoms with Gasteiger partial charge in [0.15, 0.2) is 17.6 Å². The number of para-hydroxylation sites is 1. The maximum atomic E-state index is 13.9. The summed E-state index contributed by atoms with van der Waals surface area (Å²) in [5.41, 5.74) is 2.91. The summed E-state index contributed by atoms with van der Waals surface area (Å²) in [6.45, 7) is 0.361. The molecule has 3 atom stereocenters. The minimum absolute atomic E-state index is 0.351. The van der Waals surface area contributed by atoms with Crippen LogP contribution < -0.4 is 19.4 Å². The monoisotopic (exact) mass is 618 g/mol. The first kappa shape index (κ1) is 26.4. The zero-order chi connectivity index (χ0) is 27.8. The van der Waals surface area contributed by atoms with Crippen molar-refractivity contribution in [2.45, 2.75) is 18.8 Å². The SMILES string of the molecule is COc1cc([C@@H]2[C@@H]3C(=O)N(c4ccc(Cl)cc4)C(=O)[C@H]3ON2c2ccccc2)c(Br)cc1OCc1ccccc1. The summed E-state index contributed by atoms with van der Waals surface area (Å²) >= 11 is 9.75. The van der Waals surface area contributed by atoms with Gasteiger partial charge in [0, 0.05) is 9.50 Å². The molecule has 9 heteroatoms. The first-order valence-electron chi connectivity index (χ1n) is 12.6. The van der Waals surface area contributed by atoms with Crippen LogP contribution in [0.15, 0.2) is 102 Å². The van der Waals surface area contributed by atoms with E-state index in [0.717, 1.165) is 16.8 Å². The average Bonchev–Trinajstić information content (AvgIpc) is 3.49. The molecule has 0 aromatic heterocycles. The molecule has 0 radical (unpaired) electrons. The second kappa shape index (κ2) is 11.0. The normalized spacial score (nSPS) is 20.1. The van der Waals surface area contributed by atoms with E-state index in [0.29, 0.717) is 33.3 Å². The van der Waals surface area contributed by atoms with E-state index >= 15 is 0 Å². The predicted octanol–water partition coefficient (Wildman–Crippen LogP) is 6.74. The molecule has 7 nitrogen and oxygen atoms in total. The second-order valence-electron chi connectivity index (χ2n) is 9.45. The number of nitrogens with zero attached hydrogens (tertiary/aromatic N) is 2. The maximum Gasteiger partial charge on any atom is 0.266 e.